The van der Waals surface area contributed by atoms with Gasteiger partial charge in [0.15, 0.2) is 0 Å². The first-order chi connectivity index (χ1) is 11.1. The number of piperidine rings is 1. The molecule has 1 unspecified atom stereocenters. The highest BCUT2D eigenvalue weighted by Crippen LogP contribution is 2.59. The van der Waals surface area contributed by atoms with Gasteiger partial charge >= 0.3 is 0 Å². The molecule has 1 spiro atoms. The van der Waals surface area contributed by atoms with Crippen LogP contribution in [-0.2, 0) is 11.3 Å². The molecule has 1 heterocycles. The van der Waals surface area contributed by atoms with Gasteiger partial charge in [-0.3, -0.25) is 4.79 Å². The highest BCUT2D eigenvalue weighted by Gasteiger charge is 2.58. The summed E-state index contributed by atoms with van der Waals surface area (Å²) < 4.78 is 10.6. The number of nitrogens with zero attached hydrogens (tertiary/aromatic N) is 1. The van der Waals surface area contributed by atoms with Crippen molar-refractivity contribution < 1.29 is 14.3 Å². The predicted octanol–water partition coefficient (Wildman–Crippen LogP) is 2.47. The van der Waals surface area contributed by atoms with Crippen molar-refractivity contribution in [1.29, 1.82) is 0 Å². The molecule has 2 fully saturated rings. The fourth-order valence-electron chi connectivity index (χ4n) is 3.75. The lowest BCUT2D eigenvalue weighted by molar-refractivity contribution is -0.132. The van der Waals surface area contributed by atoms with E-state index < -0.39 is 0 Å². The number of hydrogen-bond donors (Lipinski definition) is 1. The van der Waals surface area contributed by atoms with Crippen molar-refractivity contribution in [2.24, 2.45) is 11.3 Å². The average Bonchev–Trinajstić information content (AvgIpc) is 3.27. The summed E-state index contributed by atoms with van der Waals surface area (Å²) in [6.45, 7) is 2.67. The van der Waals surface area contributed by atoms with E-state index in [0.717, 1.165) is 49.4 Å². The third-order valence-corrected chi connectivity index (χ3v) is 5.29. The quantitative estimate of drug-likeness (QED) is 0.882. The number of halogens is 1. The number of nitrogens with one attached hydrogen (secondary N) is 1. The van der Waals surface area contributed by atoms with E-state index >= 15 is 0 Å². The van der Waals surface area contributed by atoms with Crippen LogP contribution in [0.15, 0.2) is 18.2 Å². The number of ether oxygens (including phenoxy) is 2. The fourth-order valence-corrected chi connectivity index (χ4v) is 3.75. The van der Waals surface area contributed by atoms with Crippen LogP contribution in [0.4, 0.5) is 0 Å². The molecule has 134 valence electrons. The van der Waals surface area contributed by atoms with E-state index in [9.17, 15) is 4.79 Å². The van der Waals surface area contributed by atoms with Crippen molar-refractivity contribution >= 4 is 18.3 Å². The first-order valence-electron chi connectivity index (χ1n) is 8.25. The predicted molar refractivity (Wildman–Crippen MR) is 95.9 cm³/mol. The van der Waals surface area contributed by atoms with Crippen molar-refractivity contribution in [3.63, 3.8) is 0 Å². The number of carbonyl (C=O) groups is 1. The molecule has 0 radical (unpaired) electrons. The van der Waals surface area contributed by atoms with Gasteiger partial charge in [0.2, 0.25) is 5.91 Å². The Balaban J connectivity index is 0.00000208. The summed E-state index contributed by atoms with van der Waals surface area (Å²) in [4.78, 5) is 14.6. The second kappa shape index (κ2) is 7.62. The molecule has 1 atom stereocenters. The monoisotopic (exact) mass is 354 g/mol. The molecule has 1 aromatic rings. The van der Waals surface area contributed by atoms with Gasteiger partial charge in [0.1, 0.15) is 11.5 Å². The summed E-state index contributed by atoms with van der Waals surface area (Å²) in [7, 11) is 5.17. The Morgan fingerprint density at radius 1 is 1.21 bits per heavy atom. The van der Waals surface area contributed by atoms with Crippen LogP contribution in [0.1, 0.15) is 24.8 Å². The minimum absolute atomic E-state index is 0. The van der Waals surface area contributed by atoms with Crippen LogP contribution in [0.5, 0.6) is 11.5 Å². The maximum atomic E-state index is 12.7. The largest absolute Gasteiger partial charge is 0.497 e. The van der Waals surface area contributed by atoms with Gasteiger partial charge in [-0.05, 0) is 55.5 Å². The second-order valence-corrected chi connectivity index (χ2v) is 6.78. The van der Waals surface area contributed by atoms with E-state index in [4.69, 9.17) is 9.47 Å². The van der Waals surface area contributed by atoms with Crippen molar-refractivity contribution in [2.75, 3.05) is 34.4 Å². The second-order valence-electron chi connectivity index (χ2n) is 6.78. The van der Waals surface area contributed by atoms with E-state index in [0.29, 0.717) is 6.54 Å². The SMILES string of the molecule is COc1cc(CN(C)C(=O)C2CC23CCNCC3)cc(OC)c1.Cl. The summed E-state index contributed by atoms with van der Waals surface area (Å²) in [5, 5.41) is 3.38. The Labute approximate surface area is 150 Å². The van der Waals surface area contributed by atoms with Gasteiger partial charge in [0.05, 0.1) is 14.2 Å². The Morgan fingerprint density at radius 2 is 1.79 bits per heavy atom. The van der Waals surface area contributed by atoms with E-state index in [2.05, 4.69) is 5.32 Å². The number of amides is 1. The van der Waals surface area contributed by atoms with Gasteiger partial charge < -0.3 is 19.7 Å². The van der Waals surface area contributed by atoms with Crippen molar-refractivity contribution in [3.05, 3.63) is 23.8 Å². The highest BCUT2D eigenvalue weighted by molar-refractivity contribution is 5.85. The topological polar surface area (TPSA) is 50.8 Å². The number of carbonyl (C=O) groups excluding carboxylic acids is 1. The zero-order chi connectivity index (χ0) is 16.4. The van der Waals surface area contributed by atoms with E-state index in [1.807, 2.05) is 30.1 Å². The first-order valence-corrected chi connectivity index (χ1v) is 8.25. The van der Waals surface area contributed by atoms with Gasteiger partial charge in [-0.2, -0.15) is 0 Å². The Hall–Kier alpha value is -1.46. The summed E-state index contributed by atoms with van der Waals surface area (Å²) in [6, 6.07) is 5.76. The molecular weight excluding hydrogens is 328 g/mol. The molecule has 2 aliphatic rings. The van der Waals surface area contributed by atoms with Crippen molar-refractivity contribution in [3.8, 4) is 11.5 Å². The van der Waals surface area contributed by atoms with Crippen LogP contribution in [0.25, 0.3) is 0 Å². The lowest BCUT2D eigenvalue weighted by Gasteiger charge is -2.25. The molecule has 24 heavy (non-hydrogen) atoms. The third-order valence-electron chi connectivity index (χ3n) is 5.29. The molecule has 6 heteroatoms. The fraction of sp³-hybridized carbons (Fsp3) is 0.611. The molecule has 1 aliphatic heterocycles. The standard InChI is InChI=1S/C18H26N2O3.ClH/c1-20(12-13-8-14(22-2)10-15(9-13)23-3)17(21)16-11-18(16)4-6-19-7-5-18;/h8-10,16,19H,4-7,11-12H2,1-3H3;1H. The average molecular weight is 355 g/mol. The highest BCUT2D eigenvalue weighted by atomic mass is 35.5. The molecular formula is C18H27ClN2O3. The molecule has 3 rings (SSSR count). The Kier molecular flexibility index (Phi) is 5.99. The number of benzene rings is 1. The first kappa shape index (κ1) is 18.9. The minimum atomic E-state index is 0. The van der Waals surface area contributed by atoms with Crippen LogP contribution in [0, 0.1) is 11.3 Å². The van der Waals surface area contributed by atoms with Crippen LogP contribution in [-0.4, -0.2) is 45.2 Å². The van der Waals surface area contributed by atoms with Gasteiger partial charge in [0.25, 0.3) is 0 Å². The molecule has 0 bridgehead atoms. The van der Waals surface area contributed by atoms with Crippen molar-refractivity contribution in [2.45, 2.75) is 25.8 Å². The maximum Gasteiger partial charge on any atom is 0.226 e. The van der Waals surface area contributed by atoms with Crippen LogP contribution >= 0.6 is 12.4 Å². The van der Waals surface area contributed by atoms with Crippen LogP contribution in [0.2, 0.25) is 0 Å². The molecule has 1 amide bonds. The molecule has 0 aromatic heterocycles. The molecule has 5 nitrogen and oxygen atoms in total. The summed E-state index contributed by atoms with van der Waals surface area (Å²) >= 11 is 0. The molecule has 1 saturated carbocycles. The number of rotatable bonds is 5. The van der Waals surface area contributed by atoms with E-state index in [1.165, 1.54) is 0 Å². The summed E-state index contributed by atoms with van der Waals surface area (Å²) in [5.41, 5.74) is 1.31. The molecule has 1 aromatic carbocycles. The number of methoxy groups -OCH3 is 2. The van der Waals surface area contributed by atoms with Gasteiger partial charge in [-0.25, -0.2) is 0 Å². The van der Waals surface area contributed by atoms with Gasteiger partial charge in [-0.1, -0.05) is 0 Å². The molecule has 1 aliphatic carbocycles. The van der Waals surface area contributed by atoms with Crippen LogP contribution in [0.3, 0.4) is 0 Å². The summed E-state index contributed by atoms with van der Waals surface area (Å²) in [5.74, 6) is 1.98. The number of hydrogen-bond acceptors (Lipinski definition) is 4. The van der Waals surface area contributed by atoms with Crippen LogP contribution < -0.4 is 14.8 Å². The normalized spacial score (nSPS) is 20.9. The van der Waals surface area contributed by atoms with Gasteiger partial charge in [-0.15, -0.1) is 12.4 Å². The maximum absolute atomic E-state index is 12.7. The lowest BCUT2D eigenvalue weighted by Crippen LogP contribution is -2.34. The van der Waals surface area contributed by atoms with E-state index in [1.54, 1.807) is 14.2 Å². The van der Waals surface area contributed by atoms with E-state index in [-0.39, 0.29) is 29.6 Å². The summed E-state index contributed by atoms with van der Waals surface area (Å²) in [6.07, 6.45) is 3.31. The lowest BCUT2D eigenvalue weighted by atomic mass is 9.91. The Bertz CT molecular complexity index is 565. The molecule has 1 N–H and O–H groups in total. The van der Waals surface area contributed by atoms with Gasteiger partial charge in [0, 0.05) is 25.6 Å². The minimum Gasteiger partial charge on any atom is -0.497 e. The smallest absolute Gasteiger partial charge is 0.226 e. The zero-order valence-corrected chi connectivity index (χ0v) is 15.4. The third kappa shape index (κ3) is 3.78. The zero-order valence-electron chi connectivity index (χ0n) is 14.6. The Morgan fingerprint density at radius 3 is 2.33 bits per heavy atom. The molecule has 1 saturated heterocycles. The van der Waals surface area contributed by atoms with Crippen molar-refractivity contribution in [1.82, 2.24) is 10.2 Å².